The normalized spacial score (nSPS) is 10.8. The van der Waals surface area contributed by atoms with Gasteiger partial charge < -0.3 is 14.6 Å². The van der Waals surface area contributed by atoms with Crippen LogP contribution in [0.5, 0.6) is 5.88 Å². The molecule has 1 aromatic heterocycles. The number of hydrogen-bond donors (Lipinski definition) is 2. The Labute approximate surface area is 110 Å². The van der Waals surface area contributed by atoms with E-state index in [1.807, 2.05) is 0 Å². The molecule has 0 saturated heterocycles. The minimum absolute atomic E-state index is 0.222. The molecule has 0 aliphatic carbocycles. The predicted octanol–water partition coefficient (Wildman–Crippen LogP) is -0.142. The first-order chi connectivity index (χ1) is 9.11. The average Bonchev–Trinajstić information content (AvgIpc) is 2.37. The van der Waals surface area contributed by atoms with Gasteiger partial charge in [-0.2, -0.15) is 0 Å². The first kappa shape index (κ1) is 15.5. The van der Waals surface area contributed by atoms with E-state index in [1.54, 1.807) is 14.0 Å². The fourth-order valence-electron chi connectivity index (χ4n) is 1.70. The molecule has 0 radical (unpaired) electrons. The van der Waals surface area contributed by atoms with Crippen LogP contribution in [0.3, 0.4) is 0 Å². The summed E-state index contributed by atoms with van der Waals surface area (Å²) >= 11 is 0. The van der Waals surface area contributed by atoms with E-state index in [2.05, 4.69) is 4.98 Å². The van der Waals surface area contributed by atoms with Crippen LogP contribution in [0.15, 0.2) is 9.59 Å². The molecular weight excluding hydrogens is 252 g/mol. The van der Waals surface area contributed by atoms with Gasteiger partial charge in [0.05, 0.1) is 18.8 Å². The van der Waals surface area contributed by atoms with Crippen molar-refractivity contribution in [3.05, 3.63) is 26.4 Å². The first-order valence-corrected chi connectivity index (χ1v) is 6.23. The van der Waals surface area contributed by atoms with Crippen molar-refractivity contribution >= 4 is 0 Å². The van der Waals surface area contributed by atoms with Crippen molar-refractivity contribution in [2.45, 2.75) is 26.3 Å². The number of rotatable bonds is 8. The Morgan fingerprint density at radius 3 is 2.63 bits per heavy atom. The number of aromatic nitrogens is 2. The molecule has 1 rings (SSSR count). The highest BCUT2D eigenvalue weighted by Crippen LogP contribution is 2.10. The fraction of sp³-hybridized carbons (Fsp3) is 0.667. The Morgan fingerprint density at radius 2 is 2.00 bits per heavy atom. The molecule has 2 N–H and O–H groups in total. The van der Waals surface area contributed by atoms with Crippen molar-refractivity contribution in [1.29, 1.82) is 0 Å². The summed E-state index contributed by atoms with van der Waals surface area (Å²) in [4.78, 5) is 25.2. The lowest BCUT2D eigenvalue weighted by atomic mass is 10.2. The molecule has 0 spiro atoms. The van der Waals surface area contributed by atoms with Crippen molar-refractivity contribution < 1.29 is 14.6 Å². The van der Waals surface area contributed by atoms with Gasteiger partial charge >= 0.3 is 5.69 Å². The molecular formula is C12H20N2O5. The van der Waals surface area contributed by atoms with E-state index in [0.29, 0.717) is 39.2 Å². The zero-order valence-electron chi connectivity index (χ0n) is 11.3. The molecule has 19 heavy (non-hydrogen) atoms. The van der Waals surface area contributed by atoms with Crippen LogP contribution < -0.4 is 11.2 Å². The van der Waals surface area contributed by atoms with E-state index in [0.717, 1.165) is 4.57 Å². The van der Waals surface area contributed by atoms with E-state index in [-0.39, 0.29) is 11.4 Å². The fourth-order valence-corrected chi connectivity index (χ4v) is 1.70. The Morgan fingerprint density at radius 1 is 1.26 bits per heavy atom. The maximum Gasteiger partial charge on any atom is 0.331 e. The van der Waals surface area contributed by atoms with Gasteiger partial charge in [-0.3, -0.25) is 14.3 Å². The van der Waals surface area contributed by atoms with E-state index in [1.165, 1.54) is 0 Å². The third kappa shape index (κ3) is 4.22. The molecule has 0 saturated carbocycles. The van der Waals surface area contributed by atoms with Crippen LogP contribution in [0.2, 0.25) is 0 Å². The van der Waals surface area contributed by atoms with E-state index >= 15 is 0 Å². The minimum Gasteiger partial charge on any atom is -0.494 e. The van der Waals surface area contributed by atoms with Crippen LogP contribution in [0.1, 0.15) is 18.9 Å². The monoisotopic (exact) mass is 272 g/mol. The van der Waals surface area contributed by atoms with Crippen molar-refractivity contribution in [2.24, 2.45) is 0 Å². The van der Waals surface area contributed by atoms with Gasteiger partial charge in [0.25, 0.3) is 5.56 Å². The first-order valence-electron chi connectivity index (χ1n) is 6.23. The molecule has 0 amide bonds. The highest BCUT2D eigenvalue weighted by Gasteiger charge is 2.11. The Hall–Kier alpha value is -1.60. The van der Waals surface area contributed by atoms with E-state index in [4.69, 9.17) is 9.47 Å². The molecule has 0 atom stereocenters. The second kappa shape index (κ2) is 7.75. The minimum atomic E-state index is -0.600. The quantitative estimate of drug-likeness (QED) is 0.642. The maximum absolute atomic E-state index is 11.6. The summed E-state index contributed by atoms with van der Waals surface area (Å²) in [7, 11) is 1.59. The smallest absolute Gasteiger partial charge is 0.331 e. The Balaban J connectivity index is 2.64. The summed E-state index contributed by atoms with van der Waals surface area (Å²) in [6.45, 7) is 3.50. The van der Waals surface area contributed by atoms with Crippen LogP contribution in [0.25, 0.3) is 0 Å². The molecule has 1 aromatic rings. The molecule has 0 unspecified atom stereocenters. The van der Waals surface area contributed by atoms with Crippen molar-refractivity contribution in [3.8, 4) is 5.88 Å². The maximum atomic E-state index is 11.6. The summed E-state index contributed by atoms with van der Waals surface area (Å²) in [5.41, 5.74) is -0.908. The lowest BCUT2D eigenvalue weighted by Gasteiger charge is -2.10. The van der Waals surface area contributed by atoms with Gasteiger partial charge in [-0.05, 0) is 12.8 Å². The number of ether oxygens (including phenoxy) is 2. The number of aromatic amines is 1. The highest BCUT2D eigenvalue weighted by atomic mass is 16.5. The standard InChI is InChI=1S/C12H20N2O5/c1-3-9-10(15)13-12(17)14(11(9)16)5-4-6-19-8-7-18-2/h16H,3-8H2,1-2H3,(H,13,15,17). The summed E-state index contributed by atoms with van der Waals surface area (Å²) in [5, 5.41) is 9.87. The van der Waals surface area contributed by atoms with Gasteiger partial charge in [-0.25, -0.2) is 4.79 Å². The van der Waals surface area contributed by atoms with Crippen molar-refractivity contribution in [1.82, 2.24) is 9.55 Å². The zero-order valence-corrected chi connectivity index (χ0v) is 11.3. The van der Waals surface area contributed by atoms with Gasteiger partial charge in [-0.15, -0.1) is 0 Å². The topological polar surface area (TPSA) is 93.6 Å². The SMILES string of the molecule is CCc1c(O)n(CCCOCCOC)c(=O)[nH]c1=O. The van der Waals surface area contributed by atoms with E-state index < -0.39 is 11.2 Å². The number of methoxy groups -OCH3 is 1. The second-order valence-corrected chi connectivity index (χ2v) is 4.03. The molecule has 108 valence electrons. The van der Waals surface area contributed by atoms with Crippen molar-refractivity contribution in [2.75, 3.05) is 26.9 Å². The summed E-state index contributed by atoms with van der Waals surface area (Å²) < 4.78 is 11.2. The number of H-pyrrole nitrogens is 1. The molecule has 1 heterocycles. The Kier molecular flexibility index (Phi) is 6.31. The third-order valence-electron chi connectivity index (χ3n) is 2.72. The largest absolute Gasteiger partial charge is 0.494 e. The van der Waals surface area contributed by atoms with Crippen LogP contribution in [-0.4, -0.2) is 41.6 Å². The number of hydrogen-bond acceptors (Lipinski definition) is 5. The van der Waals surface area contributed by atoms with Gasteiger partial charge in [0.2, 0.25) is 5.88 Å². The average molecular weight is 272 g/mol. The third-order valence-corrected chi connectivity index (χ3v) is 2.72. The van der Waals surface area contributed by atoms with Gasteiger partial charge in [0, 0.05) is 20.3 Å². The number of nitrogens with zero attached hydrogens (tertiary/aromatic N) is 1. The number of aromatic hydroxyl groups is 1. The summed E-state index contributed by atoms with van der Waals surface area (Å²) in [6.07, 6.45) is 0.929. The lowest BCUT2D eigenvalue weighted by molar-refractivity contribution is 0.0676. The molecule has 0 aliphatic rings. The van der Waals surface area contributed by atoms with Gasteiger partial charge in [0.15, 0.2) is 0 Å². The summed E-state index contributed by atoms with van der Waals surface area (Å²) in [6, 6.07) is 0. The molecule has 0 fully saturated rings. The molecule has 0 bridgehead atoms. The Bertz CT molecular complexity index is 506. The highest BCUT2D eigenvalue weighted by molar-refractivity contribution is 5.22. The van der Waals surface area contributed by atoms with Crippen LogP contribution >= 0.6 is 0 Å². The lowest BCUT2D eigenvalue weighted by Crippen LogP contribution is -2.32. The van der Waals surface area contributed by atoms with E-state index in [9.17, 15) is 14.7 Å². The van der Waals surface area contributed by atoms with Crippen LogP contribution in [0.4, 0.5) is 0 Å². The second-order valence-electron chi connectivity index (χ2n) is 4.03. The summed E-state index contributed by atoms with van der Waals surface area (Å²) in [5.74, 6) is -0.256. The molecule has 0 aromatic carbocycles. The van der Waals surface area contributed by atoms with Gasteiger partial charge in [-0.1, -0.05) is 6.92 Å². The predicted molar refractivity (Wildman–Crippen MR) is 69.7 cm³/mol. The zero-order chi connectivity index (χ0) is 14.3. The molecule has 7 heteroatoms. The van der Waals surface area contributed by atoms with Crippen molar-refractivity contribution in [3.63, 3.8) is 0 Å². The van der Waals surface area contributed by atoms with Crippen LogP contribution in [0, 0.1) is 0 Å². The van der Waals surface area contributed by atoms with Crippen LogP contribution in [-0.2, 0) is 22.4 Å². The molecule has 0 aliphatic heterocycles. The number of nitrogens with one attached hydrogen (secondary N) is 1. The van der Waals surface area contributed by atoms with Gasteiger partial charge in [0.1, 0.15) is 0 Å². The molecule has 7 nitrogen and oxygen atoms in total.